The average molecular weight is 517 g/mol. The van der Waals surface area contributed by atoms with Crippen LogP contribution < -0.4 is 5.63 Å². The highest BCUT2D eigenvalue weighted by Gasteiger charge is 2.19. The standard InChI is InChI=1S/C34H20N4O2/c39-33-25-17-8-7-15-23(25)27-19-29-26(20-30(27)40-33)24-16-9-10-18-28(24)38(29)34-36-31(21-11-3-1-4-12-21)35-32(37-34)22-13-5-2-6-14-22/h1-20H. The molecule has 0 aliphatic heterocycles. The van der Waals surface area contributed by atoms with E-state index in [-0.39, 0.29) is 5.63 Å². The highest BCUT2D eigenvalue weighted by atomic mass is 16.4. The van der Waals surface area contributed by atoms with Crippen LogP contribution in [-0.4, -0.2) is 19.5 Å². The molecule has 0 amide bonds. The van der Waals surface area contributed by atoms with Gasteiger partial charge in [0.2, 0.25) is 5.95 Å². The summed E-state index contributed by atoms with van der Waals surface area (Å²) >= 11 is 0. The average Bonchev–Trinajstić information content (AvgIpc) is 3.34. The second-order valence-corrected chi connectivity index (χ2v) is 9.67. The van der Waals surface area contributed by atoms with Gasteiger partial charge in [-0.1, -0.05) is 97.1 Å². The van der Waals surface area contributed by atoms with E-state index in [2.05, 4.69) is 22.8 Å². The normalized spacial score (nSPS) is 11.6. The summed E-state index contributed by atoms with van der Waals surface area (Å²) in [6, 6.07) is 39.6. The predicted molar refractivity (Wildman–Crippen MR) is 159 cm³/mol. The minimum atomic E-state index is -0.344. The van der Waals surface area contributed by atoms with Crippen LogP contribution in [0.3, 0.4) is 0 Å². The van der Waals surface area contributed by atoms with E-state index in [0.29, 0.717) is 28.6 Å². The molecular weight excluding hydrogens is 496 g/mol. The van der Waals surface area contributed by atoms with Crippen molar-refractivity contribution in [1.82, 2.24) is 19.5 Å². The first-order valence-electron chi connectivity index (χ1n) is 13.0. The summed E-state index contributed by atoms with van der Waals surface area (Å²) in [6.45, 7) is 0. The van der Waals surface area contributed by atoms with Crippen molar-refractivity contribution >= 4 is 43.5 Å². The summed E-state index contributed by atoms with van der Waals surface area (Å²) < 4.78 is 7.87. The molecule has 0 unspecified atom stereocenters. The van der Waals surface area contributed by atoms with Crippen molar-refractivity contribution in [3.63, 3.8) is 0 Å². The first-order valence-corrected chi connectivity index (χ1v) is 13.0. The smallest absolute Gasteiger partial charge is 0.344 e. The molecule has 3 heterocycles. The Morgan fingerprint density at radius 3 is 1.75 bits per heavy atom. The van der Waals surface area contributed by atoms with E-state index in [4.69, 9.17) is 19.4 Å². The molecule has 8 rings (SSSR count). The van der Waals surface area contributed by atoms with E-state index in [1.54, 1.807) is 6.07 Å². The minimum Gasteiger partial charge on any atom is -0.422 e. The number of para-hydroxylation sites is 1. The topological polar surface area (TPSA) is 73.8 Å². The Hall–Kier alpha value is -5.62. The van der Waals surface area contributed by atoms with E-state index in [1.165, 1.54) is 0 Å². The van der Waals surface area contributed by atoms with Crippen LogP contribution in [0.4, 0.5) is 0 Å². The van der Waals surface area contributed by atoms with Crippen molar-refractivity contribution in [3.8, 4) is 28.7 Å². The van der Waals surface area contributed by atoms with Crippen LogP contribution in [-0.2, 0) is 0 Å². The molecule has 0 saturated heterocycles. The van der Waals surface area contributed by atoms with Gasteiger partial charge < -0.3 is 4.42 Å². The summed E-state index contributed by atoms with van der Waals surface area (Å²) in [4.78, 5) is 27.6. The molecule has 0 radical (unpaired) electrons. The second kappa shape index (κ2) is 8.71. The lowest BCUT2D eigenvalue weighted by atomic mass is 10.1. The van der Waals surface area contributed by atoms with Crippen LogP contribution in [0.1, 0.15) is 0 Å². The minimum absolute atomic E-state index is 0.344. The van der Waals surface area contributed by atoms with Crippen LogP contribution in [0.5, 0.6) is 0 Å². The summed E-state index contributed by atoms with van der Waals surface area (Å²) in [6.07, 6.45) is 0. The highest BCUT2D eigenvalue weighted by molar-refractivity contribution is 6.16. The lowest BCUT2D eigenvalue weighted by Crippen LogP contribution is -2.06. The molecule has 0 aliphatic rings. The number of rotatable bonds is 3. The van der Waals surface area contributed by atoms with Gasteiger partial charge in [-0.25, -0.2) is 9.78 Å². The number of aromatic nitrogens is 4. The number of benzene rings is 5. The molecule has 40 heavy (non-hydrogen) atoms. The summed E-state index contributed by atoms with van der Waals surface area (Å²) in [5, 5.41) is 4.21. The van der Waals surface area contributed by atoms with Gasteiger partial charge in [-0.2, -0.15) is 9.97 Å². The molecule has 188 valence electrons. The lowest BCUT2D eigenvalue weighted by Gasteiger charge is -2.11. The maximum atomic E-state index is 12.8. The van der Waals surface area contributed by atoms with Gasteiger partial charge in [-0.3, -0.25) is 4.57 Å². The van der Waals surface area contributed by atoms with E-state index in [1.807, 2.05) is 97.1 Å². The van der Waals surface area contributed by atoms with Gasteiger partial charge in [0.1, 0.15) is 5.58 Å². The molecule has 8 aromatic rings. The van der Waals surface area contributed by atoms with Gasteiger partial charge in [-0.05, 0) is 29.7 Å². The van der Waals surface area contributed by atoms with Gasteiger partial charge in [0.25, 0.3) is 0 Å². The Labute approximate surface area is 227 Å². The summed E-state index contributed by atoms with van der Waals surface area (Å²) in [7, 11) is 0. The first-order chi connectivity index (χ1) is 19.7. The molecule has 6 nitrogen and oxygen atoms in total. The molecule has 3 aromatic heterocycles. The Balaban J connectivity index is 1.51. The third-order valence-electron chi connectivity index (χ3n) is 7.30. The Kier molecular flexibility index (Phi) is 4.87. The van der Waals surface area contributed by atoms with Crippen molar-refractivity contribution in [1.29, 1.82) is 0 Å². The molecule has 0 saturated carbocycles. The highest BCUT2D eigenvalue weighted by Crippen LogP contribution is 2.36. The van der Waals surface area contributed by atoms with Crippen LogP contribution in [0, 0.1) is 0 Å². The number of fused-ring (bicyclic) bond motifs is 6. The van der Waals surface area contributed by atoms with E-state index >= 15 is 0 Å². The lowest BCUT2D eigenvalue weighted by molar-refractivity contribution is 0.570. The Morgan fingerprint density at radius 1 is 0.500 bits per heavy atom. The van der Waals surface area contributed by atoms with E-state index < -0.39 is 0 Å². The Bertz CT molecular complexity index is 2230. The largest absolute Gasteiger partial charge is 0.422 e. The Morgan fingerprint density at radius 2 is 1.07 bits per heavy atom. The molecule has 0 aliphatic carbocycles. The van der Waals surface area contributed by atoms with Gasteiger partial charge in [-0.15, -0.1) is 0 Å². The van der Waals surface area contributed by atoms with Crippen LogP contribution in [0.15, 0.2) is 131 Å². The fraction of sp³-hybridized carbons (Fsp3) is 0. The zero-order valence-corrected chi connectivity index (χ0v) is 21.2. The second-order valence-electron chi connectivity index (χ2n) is 9.67. The fourth-order valence-electron chi connectivity index (χ4n) is 5.45. The molecule has 6 heteroatoms. The van der Waals surface area contributed by atoms with E-state index in [0.717, 1.165) is 43.7 Å². The fourth-order valence-corrected chi connectivity index (χ4v) is 5.45. The van der Waals surface area contributed by atoms with Crippen molar-refractivity contribution in [2.24, 2.45) is 0 Å². The number of nitrogens with zero attached hydrogens (tertiary/aromatic N) is 4. The predicted octanol–water partition coefficient (Wildman–Crippen LogP) is 7.56. The molecule has 0 atom stereocenters. The van der Waals surface area contributed by atoms with Crippen LogP contribution in [0.2, 0.25) is 0 Å². The number of hydrogen-bond donors (Lipinski definition) is 0. The third-order valence-corrected chi connectivity index (χ3v) is 7.30. The first kappa shape index (κ1) is 22.4. The molecule has 5 aromatic carbocycles. The van der Waals surface area contributed by atoms with Crippen molar-refractivity contribution in [2.45, 2.75) is 0 Å². The van der Waals surface area contributed by atoms with Crippen LogP contribution in [0.25, 0.3) is 72.3 Å². The van der Waals surface area contributed by atoms with E-state index in [9.17, 15) is 4.79 Å². The zero-order chi connectivity index (χ0) is 26.6. The van der Waals surface area contributed by atoms with Crippen molar-refractivity contribution < 1.29 is 4.42 Å². The molecule has 0 N–H and O–H groups in total. The maximum Gasteiger partial charge on any atom is 0.344 e. The molecule has 0 bridgehead atoms. The SMILES string of the molecule is O=c1oc2cc3c4ccccc4n(-c4nc(-c5ccccc5)nc(-c5ccccc5)n4)c3cc2c2ccccc12. The van der Waals surface area contributed by atoms with Gasteiger partial charge in [0.05, 0.1) is 16.4 Å². The summed E-state index contributed by atoms with van der Waals surface area (Å²) in [5.41, 5.74) is 3.87. The van der Waals surface area contributed by atoms with Crippen molar-refractivity contribution in [3.05, 3.63) is 132 Å². The quantitative estimate of drug-likeness (QED) is 0.179. The monoisotopic (exact) mass is 516 g/mol. The summed E-state index contributed by atoms with van der Waals surface area (Å²) in [5.74, 6) is 1.69. The molecule has 0 spiro atoms. The third kappa shape index (κ3) is 3.43. The molecule has 0 fully saturated rings. The number of hydrogen-bond acceptors (Lipinski definition) is 5. The van der Waals surface area contributed by atoms with Crippen LogP contribution >= 0.6 is 0 Å². The maximum absolute atomic E-state index is 12.8. The van der Waals surface area contributed by atoms with Crippen molar-refractivity contribution in [2.75, 3.05) is 0 Å². The zero-order valence-electron chi connectivity index (χ0n) is 21.2. The van der Waals surface area contributed by atoms with Gasteiger partial charge >= 0.3 is 5.63 Å². The molecular formula is C34H20N4O2. The van der Waals surface area contributed by atoms with Gasteiger partial charge in [0.15, 0.2) is 11.6 Å². The van der Waals surface area contributed by atoms with Gasteiger partial charge in [0, 0.05) is 27.3 Å².